The number of carbonyl (C=O) groups excluding carboxylic acids is 2. The van der Waals surface area contributed by atoms with Gasteiger partial charge in [-0.15, -0.1) is 0 Å². The number of rotatable bonds is 1. The van der Waals surface area contributed by atoms with E-state index in [0.717, 1.165) is 0 Å². The van der Waals surface area contributed by atoms with Gasteiger partial charge in [-0.25, -0.2) is 4.79 Å². The molecule has 2 heterocycles. The van der Waals surface area contributed by atoms with Crippen molar-refractivity contribution in [3.63, 3.8) is 0 Å². The maximum atomic E-state index is 11.2. The average molecular weight is 218 g/mol. The summed E-state index contributed by atoms with van der Waals surface area (Å²) < 4.78 is 9.79. The van der Waals surface area contributed by atoms with E-state index in [1.54, 1.807) is 0 Å². The minimum atomic E-state index is -0.867. The summed E-state index contributed by atoms with van der Waals surface area (Å²) in [4.78, 5) is 23.7. The van der Waals surface area contributed by atoms with Crippen LogP contribution in [0.3, 0.4) is 0 Å². The number of β-lactam (4-membered cyclic amide) rings is 1. The Morgan fingerprint density at radius 3 is 3.00 bits per heavy atom. The van der Waals surface area contributed by atoms with Crippen molar-refractivity contribution in [2.45, 2.75) is 18.8 Å². The summed E-state index contributed by atoms with van der Waals surface area (Å²) in [5, 5.41) is 0. The fraction of sp³-hybridized carbons (Fsp3) is 0.500. The number of esters is 1. The van der Waals surface area contributed by atoms with Crippen molar-refractivity contribution >= 4 is 23.5 Å². The van der Waals surface area contributed by atoms with E-state index in [1.165, 1.54) is 17.5 Å². The van der Waals surface area contributed by atoms with Crippen molar-refractivity contribution in [1.29, 1.82) is 0 Å². The van der Waals surface area contributed by atoms with Gasteiger partial charge < -0.3 is 9.47 Å². The first kappa shape index (κ1) is 9.48. The van der Waals surface area contributed by atoms with Crippen molar-refractivity contribution in [2.75, 3.05) is 7.11 Å². The van der Waals surface area contributed by atoms with E-state index in [0.29, 0.717) is 12.1 Å². The van der Waals surface area contributed by atoms with E-state index in [1.807, 2.05) is 0 Å². The quantitative estimate of drug-likeness (QED) is 0.465. The van der Waals surface area contributed by atoms with Crippen LogP contribution in [0.5, 0.6) is 0 Å². The summed E-state index contributed by atoms with van der Waals surface area (Å²) >= 11 is 5.52. The molecule has 2 aliphatic rings. The van der Waals surface area contributed by atoms with Gasteiger partial charge in [0.25, 0.3) is 0 Å². The lowest BCUT2D eigenvalue weighted by atomic mass is 10.1. The molecule has 0 saturated carbocycles. The average Bonchev–Trinajstić information content (AvgIpc) is 2.49. The molecule has 0 spiro atoms. The van der Waals surface area contributed by atoms with Gasteiger partial charge >= 0.3 is 5.97 Å². The zero-order valence-electron chi connectivity index (χ0n) is 7.40. The van der Waals surface area contributed by atoms with Crippen molar-refractivity contribution in [3.8, 4) is 0 Å². The molecular formula is C8H8ClNO4. The number of hydrogen-bond acceptors (Lipinski definition) is 4. The largest absolute Gasteiger partial charge is 0.467 e. The molecule has 0 bridgehead atoms. The second-order valence-electron chi connectivity index (χ2n) is 3.00. The minimum Gasteiger partial charge on any atom is -0.467 e. The Balaban J connectivity index is 2.22. The summed E-state index contributed by atoms with van der Waals surface area (Å²) in [6.07, 6.45) is -0.924. The van der Waals surface area contributed by atoms with Gasteiger partial charge in [-0.05, 0) is 0 Å². The Morgan fingerprint density at radius 1 is 1.79 bits per heavy atom. The topological polar surface area (TPSA) is 55.8 Å². The smallest absolute Gasteiger partial charge is 0.341 e. The Kier molecular flexibility index (Phi) is 2.20. The highest BCUT2D eigenvalue weighted by Crippen LogP contribution is 2.37. The fourth-order valence-corrected chi connectivity index (χ4v) is 1.77. The first-order valence-corrected chi connectivity index (χ1v) is 4.48. The zero-order chi connectivity index (χ0) is 10.3. The maximum Gasteiger partial charge on any atom is 0.341 e. The van der Waals surface area contributed by atoms with Crippen LogP contribution < -0.4 is 0 Å². The molecule has 1 amide bonds. The molecule has 14 heavy (non-hydrogen) atoms. The molecule has 0 N–H and O–H groups in total. The van der Waals surface area contributed by atoms with E-state index in [-0.39, 0.29) is 12.1 Å². The van der Waals surface area contributed by atoms with Crippen molar-refractivity contribution in [2.24, 2.45) is 0 Å². The molecule has 6 heteroatoms. The highest BCUT2D eigenvalue weighted by atomic mass is 35.5. The van der Waals surface area contributed by atoms with Crippen LogP contribution in [0.25, 0.3) is 0 Å². The molecule has 2 rings (SSSR count). The van der Waals surface area contributed by atoms with E-state index < -0.39 is 12.1 Å². The number of amides is 1. The molecule has 2 saturated heterocycles. The van der Waals surface area contributed by atoms with Crippen molar-refractivity contribution in [1.82, 2.24) is 4.90 Å². The van der Waals surface area contributed by atoms with Gasteiger partial charge in [-0.2, -0.15) is 0 Å². The third-order valence-electron chi connectivity index (χ3n) is 2.27. The Morgan fingerprint density at radius 2 is 2.50 bits per heavy atom. The summed E-state index contributed by atoms with van der Waals surface area (Å²) in [5.41, 5.74) is 1.54. The second kappa shape index (κ2) is 3.25. The van der Waals surface area contributed by atoms with Gasteiger partial charge in [0.1, 0.15) is 6.23 Å². The number of methoxy groups -OCH3 is 1. The van der Waals surface area contributed by atoms with Crippen LogP contribution in [0.4, 0.5) is 0 Å². The Hall–Kier alpha value is -1.07. The maximum absolute atomic E-state index is 11.2. The molecule has 0 radical (unpaired) electrons. The van der Waals surface area contributed by atoms with E-state index in [2.05, 4.69) is 4.74 Å². The first-order chi connectivity index (χ1) is 6.69. The molecule has 2 fully saturated rings. The summed E-state index contributed by atoms with van der Waals surface area (Å²) in [5.74, 6) is -0.632. The predicted molar refractivity (Wildman–Crippen MR) is 46.1 cm³/mol. The molecular weight excluding hydrogens is 210 g/mol. The molecule has 0 aromatic carbocycles. The molecule has 2 aliphatic heterocycles. The second-order valence-corrected chi connectivity index (χ2v) is 3.21. The van der Waals surface area contributed by atoms with Crippen LogP contribution in [-0.4, -0.2) is 36.2 Å². The predicted octanol–water partition coefficient (Wildman–Crippen LogP) is 0.197. The fourth-order valence-electron chi connectivity index (χ4n) is 1.55. The third-order valence-corrected chi connectivity index (χ3v) is 2.50. The van der Waals surface area contributed by atoms with Crippen molar-refractivity contribution in [3.05, 3.63) is 11.2 Å². The number of fused-ring (bicyclic) bond motifs is 1. The van der Waals surface area contributed by atoms with E-state index in [9.17, 15) is 9.59 Å². The summed E-state index contributed by atoms with van der Waals surface area (Å²) in [7, 11) is 1.26. The summed E-state index contributed by atoms with van der Waals surface area (Å²) in [6, 6.07) is 0. The van der Waals surface area contributed by atoms with Crippen LogP contribution in [0.2, 0.25) is 0 Å². The molecule has 0 aromatic rings. The van der Waals surface area contributed by atoms with Crippen LogP contribution in [-0.2, 0) is 19.1 Å². The van der Waals surface area contributed by atoms with Crippen LogP contribution in [0.15, 0.2) is 11.2 Å². The van der Waals surface area contributed by atoms with Crippen LogP contribution >= 0.6 is 11.6 Å². The number of ether oxygens (including phenoxy) is 2. The third kappa shape index (κ3) is 1.13. The van der Waals surface area contributed by atoms with Gasteiger partial charge in [0.05, 0.1) is 19.2 Å². The molecule has 76 valence electrons. The van der Waals surface area contributed by atoms with Gasteiger partial charge in [-0.3, -0.25) is 9.69 Å². The van der Waals surface area contributed by atoms with Gasteiger partial charge in [0.15, 0.2) is 6.10 Å². The van der Waals surface area contributed by atoms with Crippen LogP contribution in [0, 0.1) is 0 Å². The summed E-state index contributed by atoms with van der Waals surface area (Å²) in [6.45, 7) is 0. The first-order valence-electron chi connectivity index (χ1n) is 4.04. The van der Waals surface area contributed by atoms with E-state index in [4.69, 9.17) is 16.3 Å². The standard InChI is InChI=1S/C8H8ClNO4/c1-13-8(12)7-4(3-9)10-5(11)2-6(10)14-7/h3,6-7H,2H2,1H3/b4-3-. The molecule has 0 aromatic heterocycles. The molecule has 2 unspecified atom stereocenters. The lowest BCUT2D eigenvalue weighted by Crippen LogP contribution is -2.47. The van der Waals surface area contributed by atoms with Gasteiger partial charge in [0.2, 0.25) is 5.91 Å². The lowest BCUT2D eigenvalue weighted by Gasteiger charge is -2.32. The van der Waals surface area contributed by atoms with E-state index >= 15 is 0 Å². The Labute approximate surface area is 85.2 Å². The lowest BCUT2D eigenvalue weighted by molar-refractivity contribution is -0.163. The SMILES string of the molecule is COC(=O)C1OC2CC(=O)N2/C1=C\Cl. The highest BCUT2D eigenvalue weighted by molar-refractivity contribution is 6.26. The number of carbonyl (C=O) groups is 2. The van der Waals surface area contributed by atoms with Crippen LogP contribution in [0.1, 0.15) is 6.42 Å². The zero-order valence-corrected chi connectivity index (χ0v) is 8.15. The minimum absolute atomic E-state index is 0.0895. The number of halogens is 1. The highest BCUT2D eigenvalue weighted by Gasteiger charge is 2.51. The monoisotopic (exact) mass is 217 g/mol. The van der Waals surface area contributed by atoms with Gasteiger partial charge in [0, 0.05) is 5.54 Å². The molecule has 5 nitrogen and oxygen atoms in total. The number of hydrogen-bond donors (Lipinski definition) is 0. The van der Waals surface area contributed by atoms with Crippen molar-refractivity contribution < 1.29 is 19.1 Å². The normalized spacial score (nSPS) is 32.9. The Bertz CT molecular complexity index is 327. The number of nitrogens with zero attached hydrogens (tertiary/aromatic N) is 1. The van der Waals surface area contributed by atoms with Gasteiger partial charge in [-0.1, -0.05) is 11.6 Å². The molecule has 0 aliphatic carbocycles. The molecule has 2 atom stereocenters.